The van der Waals surface area contributed by atoms with E-state index in [9.17, 15) is 0 Å². The first kappa shape index (κ1) is 9.64. The molecule has 2 aliphatic carbocycles. The van der Waals surface area contributed by atoms with Crippen LogP contribution in [0, 0.1) is 5.92 Å². The number of pyridine rings is 1. The summed E-state index contributed by atoms with van der Waals surface area (Å²) in [6.07, 6.45) is 8.85. The van der Waals surface area contributed by atoms with E-state index in [1.165, 1.54) is 48.6 Å². The second kappa shape index (κ2) is 3.56. The Labute approximate surface area is 102 Å². The van der Waals surface area contributed by atoms with Gasteiger partial charge in [-0.2, -0.15) is 0 Å². The minimum absolute atomic E-state index is 0.803. The molecule has 0 aliphatic heterocycles. The lowest BCUT2D eigenvalue weighted by Gasteiger charge is -2.28. The van der Waals surface area contributed by atoms with Crippen LogP contribution in [0.25, 0.3) is 10.8 Å². The average Bonchev–Trinajstić information content (AvgIpc) is 2.86. The highest BCUT2D eigenvalue weighted by molar-refractivity contribution is 5.86. The van der Waals surface area contributed by atoms with E-state index in [2.05, 4.69) is 30.5 Å². The molecule has 1 aromatic heterocycles. The van der Waals surface area contributed by atoms with Gasteiger partial charge in [0.25, 0.3) is 0 Å². The second-order valence-electron chi connectivity index (χ2n) is 5.54. The van der Waals surface area contributed by atoms with Crippen molar-refractivity contribution in [3.63, 3.8) is 0 Å². The lowest BCUT2D eigenvalue weighted by molar-refractivity contribution is 0.420. The standard InChI is InChI=1S/C16H17N/c1-2-6-14-12(4-1)10-17-15-9-8-11-5-3-7-13(11)16(14)15/h1-2,4,6,10-11,13H,3,5,7-9H2. The molecule has 0 amide bonds. The van der Waals surface area contributed by atoms with Gasteiger partial charge >= 0.3 is 0 Å². The van der Waals surface area contributed by atoms with Crippen molar-refractivity contribution in [1.29, 1.82) is 0 Å². The Kier molecular flexibility index (Phi) is 2.02. The van der Waals surface area contributed by atoms with E-state index in [4.69, 9.17) is 4.98 Å². The molecule has 86 valence electrons. The van der Waals surface area contributed by atoms with Crippen molar-refractivity contribution in [2.75, 3.05) is 0 Å². The largest absolute Gasteiger partial charge is 0.260 e. The fraction of sp³-hybridized carbons (Fsp3) is 0.438. The topological polar surface area (TPSA) is 12.9 Å². The van der Waals surface area contributed by atoms with Gasteiger partial charge < -0.3 is 0 Å². The van der Waals surface area contributed by atoms with Crippen molar-refractivity contribution in [3.8, 4) is 0 Å². The molecule has 0 spiro atoms. The number of hydrogen-bond donors (Lipinski definition) is 0. The van der Waals surface area contributed by atoms with Gasteiger partial charge in [-0.25, -0.2) is 0 Å². The molecular weight excluding hydrogens is 206 g/mol. The third-order valence-electron chi connectivity index (χ3n) is 4.70. The van der Waals surface area contributed by atoms with Crippen LogP contribution in [0.2, 0.25) is 0 Å². The molecule has 0 saturated heterocycles. The van der Waals surface area contributed by atoms with Crippen LogP contribution in [0.5, 0.6) is 0 Å². The van der Waals surface area contributed by atoms with Crippen molar-refractivity contribution in [3.05, 3.63) is 41.7 Å². The highest BCUT2D eigenvalue weighted by Crippen LogP contribution is 2.48. The van der Waals surface area contributed by atoms with Gasteiger partial charge in [0, 0.05) is 17.3 Å². The van der Waals surface area contributed by atoms with E-state index in [0.717, 1.165) is 11.8 Å². The Balaban J connectivity index is 2.01. The summed E-state index contributed by atoms with van der Waals surface area (Å²) in [5, 5.41) is 2.79. The number of benzene rings is 1. The zero-order valence-electron chi connectivity index (χ0n) is 10.0. The molecule has 1 heterocycles. The summed E-state index contributed by atoms with van der Waals surface area (Å²) in [5.74, 6) is 1.74. The van der Waals surface area contributed by atoms with Gasteiger partial charge in [0.05, 0.1) is 0 Å². The highest BCUT2D eigenvalue weighted by Gasteiger charge is 2.34. The van der Waals surface area contributed by atoms with E-state index in [1.54, 1.807) is 5.56 Å². The lowest BCUT2D eigenvalue weighted by Crippen LogP contribution is -2.17. The molecule has 0 bridgehead atoms. The van der Waals surface area contributed by atoms with Gasteiger partial charge in [-0.1, -0.05) is 30.7 Å². The molecule has 2 atom stereocenters. The Morgan fingerprint density at radius 3 is 3.00 bits per heavy atom. The number of hydrogen-bond acceptors (Lipinski definition) is 1. The van der Waals surface area contributed by atoms with Gasteiger partial charge in [0.1, 0.15) is 0 Å². The van der Waals surface area contributed by atoms with Crippen LogP contribution in [-0.2, 0) is 6.42 Å². The Morgan fingerprint density at radius 1 is 1.06 bits per heavy atom. The number of nitrogens with zero attached hydrogens (tertiary/aromatic N) is 1. The predicted molar refractivity (Wildman–Crippen MR) is 70.1 cm³/mol. The van der Waals surface area contributed by atoms with Crippen molar-refractivity contribution >= 4 is 10.8 Å². The summed E-state index contributed by atoms with van der Waals surface area (Å²) in [6.45, 7) is 0. The zero-order valence-corrected chi connectivity index (χ0v) is 10.0. The summed E-state index contributed by atoms with van der Waals surface area (Å²) in [6, 6.07) is 8.77. The number of aromatic nitrogens is 1. The fourth-order valence-electron chi connectivity index (χ4n) is 3.92. The molecule has 0 N–H and O–H groups in total. The van der Waals surface area contributed by atoms with Crippen molar-refractivity contribution < 1.29 is 0 Å². The number of rotatable bonds is 0. The maximum atomic E-state index is 4.71. The van der Waals surface area contributed by atoms with Crippen LogP contribution in [0.15, 0.2) is 30.5 Å². The van der Waals surface area contributed by atoms with E-state index in [1.807, 2.05) is 0 Å². The average molecular weight is 223 g/mol. The van der Waals surface area contributed by atoms with Crippen LogP contribution in [0.1, 0.15) is 42.9 Å². The predicted octanol–water partition coefficient (Wildman–Crippen LogP) is 4.06. The summed E-state index contributed by atoms with van der Waals surface area (Å²) in [4.78, 5) is 4.71. The number of fused-ring (bicyclic) bond motifs is 5. The molecule has 1 saturated carbocycles. The van der Waals surface area contributed by atoms with Crippen LogP contribution < -0.4 is 0 Å². The first-order valence-electron chi connectivity index (χ1n) is 6.80. The molecule has 2 aromatic rings. The smallest absolute Gasteiger partial charge is 0.0445 e. The Bertz CT molecular complexity index is 573. The van der Waals surface area contributed by atoms with Gasteiger partial charge in [-0.3, -0.25) is 4.98 Å². The Morgan fingerprint density at radius 2 is 2.00 bits per heavy atom. The molecule has 1 aromatic carbocycles. The lowest BCUT2D eigenvalue weighted by atomic mass is 9.77. The molecule has 1 heteroatoms. The van der Waals surface area contributed by atoms with Gasteiger partial charge in [0.15, 0.2) is 0 Å². The first-order chi connectivity index (χ1) is 8.43. The van der Waals surface area contributed by atoms with Crippen LogP contribution in [0.3, 0.4) is 0 Å². The fourth-order valence-corrected chi connectivity index (χ4v) is 3.92. The normalized spacial score (nSPS) is 26.8. The van der Waals surface area contributed by atoms with E-state index in [0.29, 0.717) is 0 Å². The monoisotopic (exact) mass is 223 g/mol. The maximum absolute atomic E-state index is 4.71. The van der Waals surface area contributed by atoms with E-state index >= 15 is 0 Å². The van der Waals surface area contributed by atoms with Crippen molar-refractivity contribution in [2.45, 2.75) is 38.0 Å². The summed E-state index contributed by atoms with van der Waals surface area (Å²) in [7, 11) is 0. The van der Waals surface area contributed by atoms with Crippen molar-refractivity contribution in [2.24, 2.45) is 5.92 Å². The highest BCUT2D eigenvalue weighted by atomic mass is 14.7. The molecule has 2 unspecified atom stereocenters. The van der Waals surface area contributed by atoms with Crippen LogP contribution in [-0.4, -0.2) is 4.98 Å². The van der Waals surface area contributed by atoms with Gasteiger partial charge in [0.2, 0.25) is 0 Å². The minimum atomic E-state index is 0.803. The van der Waals surface area contributed by atoms with Crippen LogP contribution in [0.4, 0.5) is 0 Å². The molecule has 1 nitrogen and oxygen atoms in total. The second-order valence-corrected chi connectivity index (χ2v) is 5.54. The number of aryl methyl sites for hydroxylation is 1. The summed E-state index contributed by atoms with van der Waals surface area (Å²) < 4.78 is 0. The first-order valence-corrected chi connectivity index (χ1v) is 6.80. The summed E-state index contributed by atoms with van der Waals surface area (Å²) in [5.41, 5.74) is 2.98. The molecule has 4 rings (SSSR count). The van der Waals surface area contributed by atoms with Gasteiger partial charge in [-0.15, -0.1) is 0 Å². The maximum Gasteiger partial charge on any atom is 0.0445 e. The molecule has 2 aliphatic rings. The van der Waals surface area contributed by atoms with Crippen LogP contribution >= 0.6 is 0 Å². The zero-order chi connectivity index (χ0) is 11.2. The molecule has 1 fully saturated rings. The minimum Gasteiger partial charge on any atom is -0.260 e. The molecule has 17 heavy (non-hydrogen) atoms. The third kappa shape index (κ3) is 1.35. The third-order valence-corrected chi connectivity index (χ3v) is 4.70. The SMILES string of the molecule is c1ccc2c3c(ncc2c1)CCC1CCCC31. The Hall–Kier alpha value is -1.37. The van der Waals surface area contributed by atoms with E-state index in [-0.39, 0.29) is 0 Å². The summed E-state index contributed by atoms with van der Waals surface area (Å²) >= 11 is 0. The molecular formula is C16H17N. The van der Waals surface area contributed by atoms with Crippen molar-refractivity contribution in [1.82, 2.24) is 4.98 Å². The quantitative estimate of drug-likeness (QED) is 0.656. The van der Waals surface area contributed by atoms with Gasteiger partial charge in [-0.05, 0) is 48.5 Å². The van der Waals surface area contributed by atoms with E-state index < -0.39 is 0 Å². The molecule has 0 radical (unpaired) electrons.